The van der Waals surface area contributed by atoms with Crippen LogP contribution in [-0.4, -0.2) is 61.3 Å². The predicted molar refractivity (Wildman–Crippen MR) is 140 cm³/mol. The van der Waals surface area contributed by atoms with Crippen molar-refractivity contribution >= 4 is 23.1 Å². The number of ether oxygens (including phenoxy) is 2. The van der Waals surface area contributed by atoms with Gasteiger partial charge in [-0.2, -0.15) is 4.98 Å². The Morgan fingerprint density at radius 3 is 2.80 bits per heavy atom. The van der Waals surface area contributed by atoms with Crippen LogP contribution in [0.1, 0.15) is 24.8 Å². The molecule has 0 radical (unpaired) electrons. The summed E-state index contributed by atoms with van der Waals surface area (Å²) >= 11 is 0. The van der Waals surface area contributed by atoms with Gasteiger partial charge in [0.2, 0.25) is 5.95 Å². The Hall–Kier alpha value is -3.52. The quantitative estimate of drug-likeness (QED) is 0.439. The lowest BCUT2D eigenvalue weighted by atomic mass is 10.2. The van der Waals surface area contributed by atoms with Crippen molar-refractivity contribution in [3.63, 3.8) is 0 Å². The van der Waals surface area contributed by atoms with Gasteiger partial charge in [0.1, 0.15) is 5.82 Å². The van der Waals surface area contributed by atoms with Gasteiger partial charge in [0.25, 0.3) is 0 Å². The first kappa shape index (κ1) is 23.2. The summed E-state index contributed by atoms with van der Waals surface area (Å²) in [6, 6.07) is 16.2. The van der Waals surface area contributed by atoms with Crippen LogP contribution in [0, 0.1) is 0 Å². The maximum absolute atomic E-state index is 6.08. The molecule has 3 aromatic rings. The lowest BCUT2D eigenvalue weighted by Gasteiger charge is -2.22. The van der Waals surface area contributed by atoms with Crippen LogP contribution in [-0.2, 0) is 6.54 Å². The van der Waals surface area contributed by atoms with E-state index in [9.17, 15) is 0 Å². The van der Waals surface area contributed by atoms with Crippen LogP contribution in [0.15, 0.2) is 54.7 Å². The number of aromatic nitrogens is 2. The molecule has 2 aliphatic heterocycles. The first-order chi connectivity index (χ1) is 17.3. The second-order valence-corrected chi connectivity index (χ2v) is 8.99. The average molecular weight is 475 g/mol. The Labute approximate surface area is 207 Å². The number of fused-ring (bicyclic) bond motifs is 1. The van der Waals surface area contributed by atoms with Gasteiger partial charge in [-0.3, -0.25) is 0 Å². The highest BCUT2D eigenvalue weighted by atomic mass is 16.5. The molecular formula is C27H34N6O2. The molecule has 0 spiro atoms. The number of hydrogen-bond donors (Lipinski definition) is 2. The molecule has 184 valence electrons. The minimum Gasteiger partial charge on any atom is -0.493 e. The van der Waals surface area contributed by atoms with Crippen molar-refractivity contribution in [2.75, 3.05) is 62.0 Å². The molecule has 1 aromatic heterocycles. The Balaban J connectivity index is 1.24. The van der Waals surface area contributed by atoms with E-state index in [2.05, 4.69) is 49.7 Å². The maximum atomic E-state index is 6.08. The van der Waals surface area contributed by atoms with Crippen molar-refractivity contribution in [3.05, 3.63) is 60.3 Å². The van der Waals surface area contributed by atoms with Gasteiger partial charge in [0, 0.05) is 49.8 Å². The highest BCUT2D eigenvalue weighted by Gasteiger charge is 2.16. The van der Waals surface area contributed by atoms with Gasteiger partial charge in [0.05, 0.1) is 13.7 Å². The first-order valence-electron chi connectivity index (χ1n) is 12.5. The van der Waals surface area contributed by atoms with E-state index < -0.39 is 0 Å². The van der Waals surface area contributed by atoms with E-state index in [0.717, 1.165) is 55.6 Å². The van der Waals surface area contributed by atoms with Gasteiger partial charge in [-0.15, -0.1) is 0 Å². The monoisotopic (exact) mass is 474 g/mol. The summed E-state index contributed by atoms with van der Waals surface area (Å²) in [6.07, 6.45) is 5.43. The van der Waals surface area contributed by atoms with Crippen molar-refractivity contribution in [2.45, 2.75) is 25.8 Å². The van der Waals surface area contributed by atoms with E-state index in [1.54, 1.807) is 13.3 Å². The van der Waals surface area contributed by atoms with Crippen LogP contribution >= 0.6 is 0 Å². The number of likely N-dealkylation sites (tertiary alicyclic amines) is 1. The molecule has 2 aliphatic rings. The summed E-state index contributed by atoms with van der Waals surface area (Å²) in [7, 11) is 1.67. The van der Waals surface area contributed by atoms with Gasteiger partial charge in [-0.05, 0) is 62.2 Å². The summed E-state index contributed by atoms with van der Waals surface area (Å²) in [5.41, 5.74) is 3.31. The highest BCUT2D eigenvalue weighted by molar-refractivity contribution is 5.61. The Morgan fingerprint density at radius 1 is 1.03 bits per heavy atom. The standard InChI is InChI=1S/C27H34N6O2/c1-34-24-10-9-22(19-25(24)35-18-6-16-32-14-4-5-15-32)30-27-29-12-11-26(31-27)33-17-13-28-23-8-3-2-7-21(23)20-33/h2-3,7-12,19,28H,4-6,13-18,20H2,1H3,(H,29,30,31). The van der Waals surface area contributed by atoms with E-state index >= 15 is 0 Å². The van der Waals surface area contributed by atoms with Crippen LogP contribution in [0.25, 0.3) is 0 Å². The smallest absolute Gasteiger partial charge is 0.229 e. The van der Waals surface area contributed by atoms with Crippen molar-refractivity contribution in [2.24, 2.45) is 0 Å². The number of nitrogens with zero attached hydrogens (tertiary/aromatic N) is 4. The third kappa shape index (κ3) is 5.95. The summed E-state index contributed by atoms with van der Waals surface area (Å²) in [5.74, 6) is 2.90. The molecular weight excluding hydrogens is 440 g/mol. The molecule has 2 N–H and O–H groups in total. The normalized spacial score (nSPS) is 15.7. The van der Waals surface area contributed by atoms with Gasteiger partial charge < -0.3 is 29.9 Å². The number of methoxy groups -OCH3 is 1. The third-order valence-electron chi connectivity index (χ3n) is 6.54. The van der Waals surface area contributed by atoms with Gasteiger partial charge >= 0.3 is 0 Å². The highest BCUT2D eigenvalue weighted by Crippen LogP contribution is 2.31. The van der Waals surface area contributed by atoms with E-state index in [1.165, 1.54) is 37.2 Å². The molecule has 0 aliphatic carbocycles. The number of benzene rings is 2. The molecule has 5 rings (SSSR count). The van der Waals surface area contributed by atoms with Crippen molar-refractivity contribution < 1.29 is 9.47 Å². The summed E-state index contributed by atoms with van der Waals surface area (Å²) < 4.78 is 11.6. The minimum atomic E-state index is 0.554. The maximum Gasteiger partial charge on any atom is 0.229 e. The SMILES string of the molecule is COc1ccc(Nc2nccc(N3CCNc4ccccc4C3)n2)cc1OCCCN1CCCC1. The molecule has 3 heterocycles. The van der Waals surface area contributed by atoms with Crippen LogP contribution < -0.4 is 25.0 Å². The average Bonchev–Trinajstić information content (AvgIpc) is 3.31. The largest absolute Gasteiger partial charge is 0.493 e. The summed E-state index contributed by atoms with van der Waals surface area (Å²) in [5, 5.41) is 6.84. The molecule has 8 nitrogen and oxygen atoms in total. The zero-order valence-electron chi connectivity index (χ0n) is 20.4. The zero-order chi connectivity index (χ0) is 23.9. The molecule has 35 heavy (non-hydrogen) atoms. The molecule has 0 unspecified atom stereocenters. The zero-order valence-corrected chi connectivity index (χ0v) is 20.4. The van der Waals surface area contributed by atoms with E-state index in [0.29, 0.717) is 12.6 Å². The second kappa shape index (κ2) is 11.3. The lowest BCUT2D eigenvalue weighted by Crippen LogP contribution is -2.26. The first-order valence-corrected chi connectivity index (χ1v) is 12.5. The molecule has 1 saturated heterocycles. The van der Waals surface area contributed by atoms with Gasteiger partial charge in [-0.25, -0.2) is 4.98 Å². The molecule has 8 heteroatoms. The number of hydrogen-bond acceptors (Lipinski definition) is 8. The van der Waals surface area contributed by atoms with Gasteiger partial charge in [-0.1, -0.05) is 18.2 Å². The Bertz CT molecular complexity index is 1120. The lowest BCUT2D eigenvalue weighted by molar-refractivity contribution is 0.254. The van der Waals surface area contributed by atoms with Crippen LogP contribution in [0.4, 0.5) is 23.1 Å². The van der Waals surface area contributed by atoms with E-state index in [1.807, 2.05) is 24.3 Å². The molecule has 2 aromatic carbocycles. The fourth-order valence-electron chi connectivity index (χ4n) is 4.69. The summed E-state index contributed by atoms with van der Waals surface area (Å²) in [6.45, 7) is 6.69. The van der Waals surface area contributed by atoms with E-state index in [-0.39, 0.29) is 0 Å². The minimum absolute atomic E-state index is 0.554. The molecule has 0 saturated carbocycles. The molecule has 0 bridgehead atoms. The molecule has 0 atom stereocenters. The number of nitrogens with one attached hydrogen (secondary N) is 2. The Morgan fingerprint density at radius 2 is 1.91 bits per heavy atom. The van der Waals surface area contributed by atoms with Crippen molar-refractivity contribution in [1.29, 1.82) is 0 Å². The van der Waals surface area contributed by atoms with Crippen molar-refractivity contribution in [1.82, 2.24) is 14.9 Å². The van der Waals surface area contributed by atoms with Crippen LogP contribution in [0.2, 0.25) is 0 Å². The Kier molecular flexibility index (Phi) is 7.48. The predicted octanol–water partition coefficient (Wildman–Crippen LogP) is 4.53. The topological polar surface area (TPSA) is 74.8 Å². The molecule has 0 amide bonds. The fourth-order valence-corrected chi connectivity index (χ4v) is 4.69. The van der Waals surface area contributed by atoms with E-state index in [4.69, 9.17) is 14.5 Å². The second-order valence-electron chi connectivity index (χ2n) is 8.99. The van der Waals surface area contributed by atoms with Crippen molar-refractivity contribution in [3.8, 4) is 11.5 Å². The fraction of sp³-hybridized carbons (Fsp3) is 0.407. The summed E-state index contributed by atoms with van der Waals surface area (Å²) in [4.78, 5) is 14.0. The third-order valence-corrected chi connectivity index (χ3v) is 6.54. The number of anilines is 4. The van der Waals surface area contributed by atoms with Crippen LogP contribution in [0.3, 0.4) is 0 Å². The number of para-hydroxylation sites is 1. The number of rotatable bonds is 9. The van der Waals surface area contributed by atoms with Gasteiger partial charge in [0.15, 0.2) is 11.5 Å². The molecule has 1 fully saturated rings. The van der Waals surface area contributed by atoms with Crippen LogP contribution in [0.5, 0.6) is 11.5 Å².